The number of rotatable bonds is 4. The molecule has 2 fully saturated rings. The number of hydrogen-bond acceptors (Lipinski definition) is 5. The van der Waals surface area contributed by atoms with Crippen molar-refractivity contribution in [1.29, 1.82) is 0 Å². The normalized spacial score (nSPS) is 25.1. The van der Waals surface area contributed by atoms with Crippen LogP contribution in [0, 0.1) is 12.8 Å². The van der Waals surface area contributed by atoms with Gasteiger partial charge in [-0.2, -0.15) is 0 Å². The molecule has 0 unspecified atom stereocenters. The molecule has 0 spiro atoms. The number of hydrogen-bond donors (Lipinski definition) is 1. The van der Waals surface area contributed by atoms with E-state index in [1.165, 1.54) is 0 Å². The number of carbonyl (C=O) groups excluding carboxylic acids is 2. The number of piperidine rings is 1. The number of nitrogens with zero attached hydrogens (tertiary/aromatic N) is 1. The standard InChI is InChI=1S/C19H22N2O5/c1-12-4-5-16(26-12)19(23)21-11-13(9-17-15(21)6-8-25-17)18(22)20-10-14-3-2-7-24-14/h2-5,7,13,15,17H,6,8-11H2,1H3,(H,20,22)/t13-,15+,17+/m0/s1. The number of fused-ring (bicyclic) bond motifs is 1. The van der Waals surface area contributed by atoms with E-state index in [4.69, 9.17) is 13.6 Å². The molecule has 26 heavy (non-hydrogen) atoms. The number of furan rings is 2. The fourth-order valence-electron chi connectivity index (χ4n) is 3.79. The smallest absolute Gasteiger partial charge is 0.289 e. The summed E-state index contributed by atoms with van der Waals surface area (Å²) in [4.78, 5) is 27.3. The van der Waals surface area contributed by atoms with Crippen LogP contribution in [-0.2, 0) is 16.1 Å². The second kappa shape index (κ2) is 6.99. The second-order valence-corrected chi connectivity index (χ2v) is 6.86. The van der Waals surface area contributed by atoms with Crippen LogP contribution in [0.2, 0.25) is 0 Å². The first-order valence-electron chi connectivity index (χ1n) is 8.91. The maximum Gasteiger partial charge on any atom is 0.289 e. The van der Waals surface area contributed by atoms with E-state index >= 15 is 0 Å². The lowest BCUT2D eigenvalue weighted by Gasteiger charge is -2.39. The SMILES string of the molecule is Cc1ccc(C(=O)N2C[C@@H](C(=O)NCc3ccco3)C[C@H]3OCC[C@H]32)o1. The molecule has 2 aromatic heterocycles. The minimum atomic E-state index is -0.315. The van der Waals surface area contributed by atoms with Crippen molar-refractivity contribution in [2.24, 2.45) is 5.92 Å². The third-order valence-corrected chi connectivity index (χ3v) is 5.11. The minimum absolute atomic E-state index is 0.00188. The molecule has 138 valence electrons. The van der Waals surface area contributed by atoms with Crippen LogP contribution >= 0.6 is 0 Å². The number of ether oxygens (including phenoxy) is 1. The average molecular weight is 358 g/mol. The van der Waals surface area contributed by atoms with Crippen LogP contribution in [0.4, 0.5) is 0 Å². The van der Waals surface area contributed by atoms with Crippen LogP contribution in [0.3, 0.4) is 0 Å². The molecular formula is C19H22N2O5. The van der Waals surface area contributed by atoms with Crippen LogP contribution in [0.1, 0.15) is 34.9 Å². The maximum atomic E-state index is 12.9. The summed E-state index contributed by atoms with van der Waals surface area (Å²) in [5, 5.41) is 2.89. The molecule has 1 N–H and O–H groups in total. The fraction of sp³-hybridized carbons (Fsp3) is 0.474. The molecule has 0 aromatic carbocycles. The molecule has 7 heteroatoms. The highest BCUT2D eigenvalue weighted by molar-refractivity contribution is 5.92. The Morgan fingerprint density at radius 2 is 2.19 bits per heavy atom. The molecule has 0 aliphatic carbocycles. The molecular weight excluding hydrogens is 336 g/mol. The lowest BCUT2D eigenvalue weighted by atomic mass is 9.89. The predicted molar refractivity (Wildman–Crippen MR) is 91.3 cm³/mol. The first kappa shape index (κ1) is 16.9. The van der Waals surface area contributed by atoms with E-state index in [0.717, 1.165) is 6.42 Å². The molecule has 2 saturated heterocycles. The van der Waals surface area contributed by atoms with Crippen molar-refractivity contribution in [3.05, 3.63) is 47.8 Å². The molecule has 2 amide bonds. The van der Waals surface area contributed by atoms with Gasteiger partial charge in [-0.05, 0) is 44.0 Å². The number of aryl methyl sites for hydroxylation is 1. The minimum Gasteiger partial charge on any atom is -0.467 e. The Bertz CT molecular complexity index is 782. The van der Waals surface area contributed by atoms with Gasteiger partial charge in [0.2, 0.25) is 5.91 Å². The predicted octanol–water partition coefficient (Wildman–Crippen LogP) is 2.12. The van der Waals surface area contributed by atoms with Gasteiger partial charge in [-0.3, -0.25) is 9.59 Å². The number of likely N-dealkylation sites (tertiary alicyclic amines) is 1. The summed E-state index contributed by atoms with van der Waals surface area (Å²) in [6.45, 7) is 3.12. The van der Waals surface area contributed by atoms with Crippen molar-refractivity contribution >= 4 is 11.8 Å². The third-order valence-electron chi connectivity index (χ3n) is 5.11. The Labute approximate surface area is 151 Å². The molecule has 4 rings (SSSR count). The molecule has 0 saturated carbocycles. The van der Waals surface area contributed by atoms with Crippen LogP contribution in [0.25, 0.3) is 0 Å². The van der Waals surface area contributed by atoms with Crippen molar-refractivity contribution in [2.45, 2.75) is 38.5 Å². The topological polar surface area (TPSA) is 84.9 Å². The lowest BCUT2D eigenvalue weighted by molar-refractivity contribution is -0.129. The summed E-state index contributed by atoms with van der Waals surface area (Å²) in [6.07, 6.45) is 2.88. The molecule has 3 atom stereocenters. The van der Waals surface area contributed by atoms with Crippen LogP contribution in [-0.4, -0.2) is 42.0 Å². The fourth-order valence-corrected chi connectivity index (χ4v) is 3.79. The van der Waals surface area contributed by atoms with Crippen molar-refractivity contribution in [2.75, 3.05) is 13.2 Å². The van der Waals surface area contributed by atoms with E-state index in [1.54, 1.807) is 36.3 Å². The maximum absolute atomic E-state index is 12.9. The van der Waals surface area contributed by atoms with Crippen LogP contribution in [0.15, 0.2) is 39.4 Å². The summed E-state index contributed by atoms with van der Waals surface area (Å²) in [5.41, 5.74) is 0. The van der Waals surface area contributed by atoms with Crippen molar-refractivity contribution in [3.63, 3.8) is 0 Å². The zero-order valence-electron chi connectivity index (χ0n) is 14.6. The second-order valence-electron chi connectivity index (χ2n) is 6.86. The van der Waals surface area contributed by atoms with Gasteiger partial charge in [-0.25, -0.2) is 0 Å². The van der Waals surface area contributed by atoms with E-state index < -0.39 is 0 Å². The van der Waals surface area contributed by atoms with Gasteiger partial charge in [0.25, 0.3) is 5.91 Å². The Morgan fingerprint density at radius 3 is 2.92 bits per heavy atom. The van der Waals surface area contributed by atoms with Gasteiger partial charge in [-0.15, -0.1) is 0 Å². The Morgan fingerprint density at radius 1 is 1.31 bits per heavy atom. The van der Waals surface area contributed by atoms with Gasteiger partial charge in [0, 0.05) is 13.2 Å². The summed E-state index contributed by atoms with van der Waals surface area (Å²) in [6, 6.07) is 7.05. The summed E-state index contributed by atoms with van der Waals surface area (Å²) >= 11 is 0. The summed E-state index contributed by atoms with van der Waals surface area (Å²) in [7, 11) is 0. The van der Waals surface area contributed by atoms with E-state index in [-0.39, 0.29) is 29.9 Å². The molecule has 2 aliphatic heterocycles. The van der Waals surface area contributed by atoms with E-state index in [9.17, 15) is 9.59 Å². The van der Waals surface area contributed by atoms with E-state index in [0.29, 0.717) is 43.4 Å². The van der Waals surface area contributed by atoms with Gasteiger partial charge in [0.05, 0.1) is 30.9 Å². The number of nitrogens with one attached hydrogen (secondary N) is 1. The summed E-state index contributed by atoms with van der Waals surface area (Å²) in [5.74, 6) is 1.11. The van der Waals surface area contributed by atoms with Gasteiger partial charge < -0.3 is 23.8 Å². The average Bonchev–Trinajstić information content (AvgIpc) is 3.39. The monoisotopic (exact) mass is 358 g/mol. The molecule has 0 bridgehead atoms. The number of carbonyl (C=O) groups is 2. The van der Waals surface area contributed by atoms with E-state index in [1.807, 2.05) is 6.07 Å². The Hall–Kier alpha value is -2.54. The molecule has 7 nitrogen and oxygen atoms in total. The molecule has 2 aliphatic rings. The van der Waals surface area contributed by atoms with Gasteiger partial charge >= 0.3 is 0 Å². The summed E-state index contributed by atoms with van der Waals surface area (Å²) < 4.78 is 16.5. The first-order valence-corrected chi connectivity index (χ1v) is 8.91. The highest BCUT2D eigenvalue weighted by atomic mass is 16.5. The van der Waals surface area contributed by atoms with Crippen molar-refractivity contribution in [3.8, 4) is 0 Å². The largest absolute Gasteiger partial charge is 0.467 e. The molecule has 2 aromatic rings. The van der Waals surface area contributed by atoms with Gasteiger partial charge in [-0.1, -0.05) is 0 Å². The quantitative estimate of drug-likeness (QED) is 0.905. The van der Waals surface area contributed by atoms with Crippen LogP contribution < -0.4 is 5.32 Å². The van der Waals surface area contributed by atoms with Crippen molar-refractivity contribution in [1.82, 2.24) is 10.2 Å². The Kier molecular flexibility index (Phi) is 4.55. The third kappa shape index (κ3) is 3.26. The van der Waals surface area contributed by atoms with Crippen molar-refractivity contribution < 1.29 is 23.2 Å². The Balaban J connectivity index is 1.47. The number of amides is 2. The van der Waals surface area contributed by atoms with Gasteiger partial charge in [0.1, 0.15) is 11.5 Å². The lowest BCUT2D eigenvalue weighted by Crippen LogP contribution is -2.54. The highest BCUT2D eigenvalue weighted by Crippen LogP contribution is 2.32. The zero-order chi connectivity index (χ0) is 18.1. The molecule has 0 radical (unpaired) electrons. The first-order chi connectivity index (χ1) is 12.6. The molecule has 4 heterocycles. The highest BCUT2D eigenvalue weighted by Gasteiger charge is 2.44. The van der Waals surface area contributed by atoms with Crippen LogP contribution in [0.5, 0.6) is 0 Å². The van der Waals surface area contributed by atoms with E-state index in [2.05, 4.69) is 5.32 Å². The van der Waals surface area contributed by atoms with Gasteiger partial charge in [0.15, 0.2) is 5.76 Å². The zero-order valence-corrected chi connectivity index (χ0v) is 14.6.